The van der Waals surface area contributed by atoms with Gasteiger partial charge in [-0.3, -0.25) is 4.79 Å². The maximum Gasteiger partial charge on any atom is 0.222 e. The Labute approximate surface area is 108 Å². The topological polar surface area (TPSA) is 99.0 Å². The van der Waals surface area contributed by atoms with E-state index in [0.717, 1.165) is 0 Å². The predicted molar refractivity (Wildman–Crippen MR) is 67.0 cm³/mol. The zero-order valence-corrected chi connectivity index (χ0v) is 11.5. The number of carbonyl (C=O) groups is 1. The highest BCUT2D eigenvalue weighted by Gasteiger charge is 2.39. The minimum absolute atomic E-state index is 0.223. The highest BCUT2D eigenvalue weighted by Crippen LogP contribution is 2.15. The molecule has 0 radical (unpaired) electrons. The van der Waals surface area contributed by atoms with Crippen molar-refractivity contribution in [2.24, 2.45) is 5.92 Å². The summed E-state index contributed by atoms with van der Waals surface area (Å²) in [6, 6.07) is 0. The van der Waals surface area contributed by atoms with E-state index >= 15 is 0 Å². The third kappa shape index (κ3) is 4.89. The molecule has 0 saturated carbocycles. The minimum atomic E-state index is -1.81. The van der Waals surface area contributed by atoms with Crippen LogP contribution in [0.3, 0.4) is 0 Å². The number of amides is 1. The lowest BCUT2D eigenvalue weighted by Gasteiger charge is -2.34. The monoisotopic (exact) mass is 263 g/mol. The molecule has 0 rings (SSSR count). The number of aliphatic hydroxyl groups excluding tert-OH is 2. The van der Waals surface area contributed by atoms with E-state index in [0.29, 0.717) is 6.61 Å². The largest absolute Gasteiger partial charge is 0.393 e. The lowest BCUT2D eigenvalue weighted by atomic mass is 9.93. The molecule has 3 atom stereocenters. The number of ether oxygens (including phenoxy) is 1. The Hall–Kier alpha value is -0.690. The van der Waals surface area contributed by atoms with Crippen molar-refractivity contribution in [3.8, 4) is 0 Å². The lowest BCUT2D eigenvalue weighted by molar-refractivity contribution is -0.155. The summed E-state index contributed by atoms with van der Waals surface area (Å²) in [6.07, 6.45) is -1.92. The summed E-state index contributed by atoms with van der Waals surface area (Å²) in [6.45, 7) is 6.29. The average Bonchev–Trinajstić information content (AvgIpc) is 2.34. The van der Waals surface area contributed by atoms with Gasteiger partial charge in [0, 0.05) is 12.5 Å². The molecule has 0 saturated heterocycles. The van der Waals surface area contributed by atoms with Gasteiger partial charge in [-0.2, -0.15) is 0 Å². The van der Waals surface area contributed by atoms with Crippen molar-refractivity contribution in [1.82, 2.24) is 5.32 Å². The first-order valence-electron chi connectivity index (χ1n) is 6.19. The molecule has 4 N–H and O–H groups in total. The van der Waals surface area contributed by atoms with Crippen molar-refractivity contribution in [1.29, 1.82) is 0 Å². The fourth-order valence-electron chi connectivity index (χ4n) is 1.49. The van der Waals surface area contributed by atoms with E-state index in [2.05, 4.69) is 5.32 Å². The van der Waals surface area contributed by atoms with Gasteiger partial charge in [-0.05, 0) is 13.8 Å². The van der Waals surface area contributed by atoms with Crippen molar-refractivity contribution in [3.05, 3.63) is 0 Å². The SMILES string of the molecule is CCOC(C)C(O)[C@](O)(CO)CNC(=O)C(C)C. The average molecular weight is 263 g/mol. The fourth-order valence-corrected chi connectivity index (χ4v) is 1.49. The highest BCUT2D eigenvalue weighted by atomic mass is 16.5. The fraction of sp³-hybridized carbons (Fsp3) is 0.917. The quantitative estimate of drug-likeness (QED) is 0.463. The second-order valence-corrected chi connectivity index (χ2v) is 4.74. The van der Waals surface area contributed by atoms with E-state index in [1.54, 1.807) is 27.7 Å². The number of nitrogens with one attached hydrogen (secondary N) is 1. The third-order valence-electron chi connectivity index (χ3n) is 2.79. The van der Waals surface area contributed by atoms with Crippen LogP contribution < -0.4 is 5.32 Å². The van der Waals surface area contributed by atoms with Crippen LogP contribution in [0, 0.1) is 5.92 Å². The summed E-state index contributed by atoms with van der Waals surface area (Å²) in [7, 11) is 0. The summed E-state index contributed by atoms with van der Waals surface area (Å²) in [4.78, 5) is 11.4. The Balaban J connectivity index is 4.54. The minimum Gasteiger partial charge on any atom is -0.393 e. The molecule has 6 nitrogen and oxygen atoms in total. The van der Waals surface area contributed by atoms with Crippen LogP contribution in [0.1, 0.15) is 27.7 Å². The zero-order valence-electron chi connectivity index (χ0n) is 11.5. The van der Waals surface area contributed by atoms with Gasteiger partial charge in [0.2, 0.25) is 5.91 Å². The van der Waals surface area contributed by atoms with Crippen LogP contribution in [0.5, 0.6) is 0 Å². The summed E-state index contributed by atoms with van der Waals surface area (Å²) in [5, 5.41) is 31.7. The number of rotatable bonds is 8. The lowest BCUT2D eigenvalue weighted by Crippen LogP contribution is -2.58. The molecule has 6 heteroatoms. The van der Waals surface area contributed by atoms with Crippen molar-refractivity contribution in [2.45, 2.75) is 45.5 Å². The van der Waals surface area contributed by atoms with Gasteiger partial charge in [0.25, 0.3) is 0 Å². The molecule has 0 aromatic heterocycles. The molecule has 0 heterocycles. The van der Waals surface area contributed by atoms with Gasteiger partial charge in [0.05, 0.1) is 19.3 Å². The van der Waals surface area contributed by atoms with Crippen LogP contribution in [0.25, 0.3) is 0 Å². The molecule has 0 fully saturated rings. The van der Waals surface area contributed by atoms with Crippen molar-refractivity contribution in [3.63, 3.8) is 0 Å². The molecule has 108 valence electrons. The molecular formula is C12H25NO5. The standard InChI is InChI=1S/C12H25NO5/c1-5-18-9(4)10(15)12(17,7-14)6-13-11(16)8(2)3/h8-10,14-15,17H,5-7H2,1-4H3,(H,13,16)/t9?,10?,12-/m1/s1. The van der Waals surface area contributed by atoms with Crippen LogP contribution in [-0.2, 0) is 9.53 Å². The summed E-state index contributed by atoms with van der Waals surface area (Å²) in [5.74, 6) is -0.479. The van der Waals surface area contributed by atoms with Crippen LogP contribution in [0.2, 0.25) is 0 Å². The molecule has 18 heavy (non-hydrogen) atoms. The van der Waals surface area contributed by atoms with Crippen LogP contribution >= 0.6 is 0 Å². The van der Waals surface area contributed by atoms with E-state index in [4.69, 9.17) is 4.74 Å². The molecule has 0 aromatic rings. The molecule has 0 aliphatic rings. The van der Waals surface area contributed by atoms with E-state index in [9.17, 15) is 20.1 Å². The van der Waals surface area contributed by atoms with Crippen LogP contribution in [0.15, 0.2) is 0 Å². The second kappa shape index (κ2) is 7.68. The highest BCUT2D eigenvalue weighted by molar-refractivity contribution is 5.77. The van der Waals surface area contributed by atoms with Crippen molar-refractivity contribution in [2.75, 3.05) is 19.8 Å². The summed E-state index contributed by atoms with van der Waals surface area (Å²) in [5.41, 5.74) is -1.81. The molecular weight excluding hydrogens is 238 g/mol. The summed E-state index contributed by atoms with van der Waals surface area (Å²) >= 11 is 0. The Morgan fingerprint density at radius 3 is 2.33 bits per heavy atom. The number of aliphatic hydroxyl groups is 3. The van der Waals surface area contributed by atoms with E-state index in [-0.39, 0.29) is 18.4 Å². The van der Waals surface area contributed by atoms with E-state index in [1.165, 1.54) is 0 Å². The molecule has 0 aliphatic heterocycles. The smallest absolute Gasteiger partial charge is 0.222 e. The van der Waals surface area contributed by atoms with Gasteiger partial charge >= 0.3 is 0 Å². The van der Waals surface area contributed by atoms with E-state index in [1.807, 2.05) is 0 Å². The van der Waals surface area contributed by atoms with Crippen molar-refractivity contribution >= 4 is 5.91 Å². The Bertz CT molecular complexity index is 259. The summed E-state index contributed by atoms with van der Waals surface area (Å²) < 4.78 is 5.17. The Morgan fingerprint density at radius 2 is 1.94 bits per heavy atom. The molecule has 2 unspecified atom stereocenters. The normalized spacial score (nSPS) is 18.2. The van der Waals surface area contributed by atoms with Gasteiger partial charge in [-0.1, -0.05) is 13.8 Å². The van der Waals surface area contributed by atoms with Gasteiger partial charge in [0.15, 0.2) is 0 Å². The molecule has 0 aliphatic carbocycles. The first kappa shape index (κ1) is 17.3. The number of carbonyl (C=O) groups excluding carboxylic acids is 1. The van der Waals surface area contributed by atoms with Crippen LogP contribution in [0.4, 0.5) is 0 Å². The number of hydrogen-bond acceptors (Lipinski definition) is 5. The van der Waals surface area contributed by atoms with Crippen molar-refractivity contribution < 1.29 is 24.9 Å². The predicted octanol–water partition coefficient (Wildman–Crippen LogP) is -0.732. The van der Waals surface area contributed by atoms with Gasteiger partial charge in [0.1, 0.15) is 11.7 Å². The van der Waals surface area contributed by atoms with Gasteiger partial charge in [-0.15, -0.1) is 0 Å². The van der Waals surface area contributed by atoms with Gasteiger partial charge in [-0.25, -0.2) is 0 Å². The third-order valence-corrected chi connectivity index (χ3v) is 2.79. The van der Waals surface area contributed by atoms with E-state index < -0.39 is 24.4 Å². The Kier molecular flexibility index (Phi) is 7.39. The molecule has 0 aromatic carbocycles. The maximum absolute atomic E-state index is 11.4. The van der Waals surface area contributed by atoms with Gasteiger partial charge < -0.3 is 25.4 Å². The molecule has 1 amide bonds. The maximum atomic E-state index is 11.4. The first-order chi connectivity index (χ1) is 8.28. The molecule has 0 bridgehead atoms. The zero-order chi connectivity index (χ0) is 14.3. The van der Waals surface area contributed by atoms with Crippen LogP contribution in [-0.4, -0.2) is 58.8 Å². The Morgan fingerprint density at radius 1 is 1.39 bits per heavy atom. The second-order valence-electron chi connectivity index (χ2n) is 4.74. The first-order valence-corrected chi connectivity index (χ1v) is 6.19. The number of hydrogen-bond donors (Lipinski definition) is 4. The molecule has 0 spiro atoms.